The van der Waals surface area contributed by atoms with Crippen LogP contribution in [0.15, 0.2) is 30.5 Å². The minimum Gasteiger partial charge on any atom is -0.355 e. The first-order valence-electron chi connectivity index (χ1n) is 8.46. The third-order valence-corrected chi connectivity index (χ3v) is 5.12. The molecule has 3 N–H and O–H groups in total. The van der Waals surface area contributed by atoms with Gasteiger partial charge in [-0.25, -0.2) is 4.98 Å². The van der Waals surface area contributed by atoms with Gasteiger partial charge in [0.15, 0.2) is 0 Å². The zero-order valence-electron chi connectivity index (χ0n) is 13.1. The third kappa shape index (κ3) is 2.13. The van der Waals surface area contributed by atoms with Crippen LogP contribution in [-0.4, -0.2) is 16.5 Å². The van der Waals surface area contributed by atoms with Gasteiger partial charge in [-0.3, -0.25) is 0 Å². The van der Waals surface area contributed by atoms with Gasteiger partial charge in [0.1, 0.15) is 5.65 Å². The molecule has 0 saturated carbocycles. The minimum atomic E-state index is 0.917. The molecule has 3 aromatic rings. The normalized spacial score (nSPS) is 16.3. The Morgan fingerprint density at radius 2 is 2.00 bits per heavy atom. The van der Waals surface area contributed by atoms with Crippen molar-refractivity contribution in [3.63, 3.8) is 0 Å². The van der Waals surface area contributed by atoms with Crippen LogP contribution in [0.4, 0.5) is 11.4 Å². The summed E-state index contributed by atoms with van der Waals surface area (Å²) in [5.41, 5.74) is 9.02. The second-order valence-corrected chi connectivity index (χ2v) is 6.55. The van der Waals surface area contributed by atoms with Gasteiger partial charge in [0.05, 0.1) is 5.69 Å². The van der Waals surface area contributed by atoms with Crippen molar-refractivity contribution in [1.29, 1.82) is 0 Å². The van der Waals surface area contributed by atoms with Crippen molar-refractivity contribution in [3.05, 3.63) is 52.8 Å². The highest BCUT2D eigenvalue weighted by Gasteiger charge is 2.18. The lowest BCUT2D eigenvalue weighted by Crippen LogP contribution is -2.23. The number of fused-ring (bicyclic) bond motifs is 4. The predicted octanol–water partition coefficient (Wildman–Crippen LogP) is 3.44. The molecule has 1 aromatic carbocycles. The molecule has 0 amide bonds. The minimum absolute atomic E-state index is 0.917. The molecule has 4 nitrogen and oxygen atoms in total. The fraction of sp³-hybridized carbons (Fsp3) is 0.316. The van der Waals surface area contributed by atoms with E-state index in [2.05, 4.69) is 44.9 Å². The van der Waals surface area contributed by atoms with E-state index in [9.17, 15) is 0 Å². The molecule has 5 rings (SSSR count). The number of rotatable bonds is 2. The first-order chi connectivity index (χ1) is 11.4. The maximum absolute atomic E-state index is 4.52. The number of hydrogen-bond donors (Lipinski definition) is 3. The van der Waals surface area contributed by atoms with Crippen LogP contribution in [0.1, 0.15) is 28.8 Å². The van der Waals surface area contributed by atoms with E-state index in [-0.39, 0.29) is 0 Å². The molecule has 0 radical (unpaired) electrons. The summed E-state index contributed by atoms with van der Waals surface area (Å²) >= 11 is 0. The first-order valence-corrected chi connectivity index (χ1v) is 8.46. The molecular weight excluding hydrogens is 284 g/mol. The Labute approximate surface area is 135 Å². The van der Waals surface area contributed by atoms with Gasteiger partial charge in [-0.05, 0) is 54.2 Å². The number of aryl methyl sites for hydroxylation is 2. The topological polar surface area (TPSA) is 52.7 Å². The van der Waals surface area contributed by atoms with Crippen LogP contribution in [0, 0.1) is 0 Å². The van der Waals surface area contributed by atoms with E-state index in [1.165, 1.54) is 52.7 Å². The largest absolute Gasteiger partial charge is 0.355 e. The van der Waals surface area contributed by atoms with Gasteiger partial charge < -0.3 is 15.6 Å². The van der Waals surface area contributed by atoms with Gasteiger partial charge in [0.2, 0.25) is 0 Å². The average Bonchev–Trinajstić information content (AvgIpc) is 3.18. The number of benzene rings is 1. The molecule has 2 aliphatic rings. The number of anilines is 2. The van der Waals surface area contributed by atoms with E-state index >= 15 is 0 Å². The Balaban J connectivity index is 1.59. The number of pyridine rings is 1. The fourth-order valence-corrected chi connectivity index (χ4v) is 3.98. The molecule has 3 heterocycles. The van der Waals surface area contributed by atoms with Crippen LogP contribution in [0.2, 0.25) is 0 Å². The van der Waals surface area contributed by atoms with Crippen LogP contribution in [-0.2, 0) is 25.8 Å². The fourth-order valence-electron chi connectivity index (χ4n) is 3.98. The maximum Gasteiger partial charge on any atom is 0.139 e. The van der Waals surface area contributed by atoms with Gasteiger partial charge in [0.25, 0.3) is 0 Å². The second kappa shape index (κ2) is 5.10. The summed E-state index contributed by atoms with van der Waals surface area (Å²) < 4.78 is 0. The van der Waals surface area contributed by atoms with Crippen molar-refractivity contribution >= 4 is 22.4 Å². The van der Waals surface area contributed by atoms with Crippen molar-refractivity contribution in [2.24, 2.45) is 0 Å². The number of nitrogens with one attached hydrogen (secondary N) is 3. The van der Waals surface area contributed by atoms with Crippen molar-refractivity contribution in [2.75, 3.05) is 11.9 Å². The zero-order valence-corrected chi connectivity index (χ0v) is 13.1. The Morgan fingerprint density at radius 1 is 1.04 bits per heavy atom. The molecule has 116 valence electrons. The summed E-state index contributed by atoms with van der Waals surface area (Å²) in [6, 6.07) is 8.87. The quantitative estimate of drug-likeness (QED) is 0.680. The van der Waals surface area contributed by atoms with E-state index in [0.717, 1.165) is 30.8 Å². The van der Waals surface area contributed by atoms with Gasteiger partial charge in [-0.2, -0.15) is 0 Å². The zero-order chi connectivity index (χ0) is 15.2. The SMILES string of the molecule is c1cc(Nc2ccc3c(c2)CCC3)c2c3c([nH]c2n1)CCNC3. The Bertz CT molecular complexity index is 894. The van der Waals surface area contributed by atoms with Crippen LogP contribution in [0.3, 0.4) is 0 Å². The van der Waals surface area contributed by atoms with Crippen LogP contribution in [0.5, 0.6) is 0 Å². The molecule has 2 aromatic heterocycles. The average molecular weight is 304 g/mol. The Morgan fingerprint density at radius 3 is 3.00 bits per heavy atom. The van der Waals surface area contributed by atoms with Gasteiger partial charge in [-0.15, -0.1) is 0 Å². The number of aromatic amines is 1. The standard InChI is InChI=1S/C19H20N4/c1-2-12-4-5-14(10-13(12)3-1)22-17-7-9-21-19-18(17)15-11-20-8-6-16(15)23-19/h4-5,7,9-10,20H,1-3,6,8,11H2,(H2,21,22,23). The highest BCUT2D eigenvalue weighted by atomic mass is 15.0. The summed E-state index contributed by atoms with van der Waals surface area (Å²) in [4.78, 5) is 8.02. The molecule has 23 heavy (non-hydrogen) atoms. The Kier molecular flexibility index (Phi) is 2.91. The van der Waals surface area contributed by atoms with E-state index in [0.29, 0.717) is 0 Å². The van der Waals surface area contributed by atoms with E-state index in [1.807, 2.05) is 6.20 Å². The lowest BCUT2D eigenvalue weighted by Gasteiger charge is -2.14. The molecule has 1 aliphatic carbocycles. The molecule has 4 heteroatoms. The number of nitrogens with zero attached hydrogens (tertiary/aromatic N) is 1. The van der Waals surface area contributed by atoms with Gasteiger partial charge in [-0.1, -0.05) is 6.07 Å². The van der Waals surface area contributed by atoms with Crippen molar-refractivity contribution < 1.29 is 0 Å². The van der Waals surface area contributed by atoms with E-state index in [4.69, 9.17) is 0 Å². The first kappa shape index (κ1) is 13.1. The van der Waals surface area contributed by atoms with Gasteiger partial charge >= 0.3 is 0 Å². The highest BCUT2D eigenvalue weighted by Crippen LogP contribution is 2.33. The smallest absolute Gasteiger partial charge is 0.139 e. The summed E-state index contributed by atoms with van der Waals surface area (Å²) in [7, 11) is 0. The summed E-state index contributed by atoms with van der Waals surface area (Å²) in [6.07, 6.45) is 6.65. The van der Waals surface area contributed by atoms with E-state index < -0.39 is 0 Å². The highest BCUT2D eigenvalue weighted by molar-refractivity contribution is 5.95. The Hall–Kier alpha value is -2.33. The lowest BCUT2D eigenvalue weighted by atomic mass is 10.1. The number of aromatic nitrogens is 2. The summed E-state index contributed by atoms with van der Waals surface area (Å²) in [5.74, 6) is 0. The van der Waals surface area contributed by atoms with E-state index in [1.54, 1.807) is 0 Å². The van der Waals surface area contributed by atoms with Crippen LogP contribution < -0.4 is 10.6 Å². The number of hydrogen-bond acceptors (Lipinski definition) is 3. The molecule has 1 aliphatic heterocycles. The van der Waals surface area contributed by atoms with Crippen molar-refractivity contribution in [2.45, 2.75) is 32.2 Å². The van der Waals surface area contributed by atoms with Gasteiger partial charge in [0, 0.05) is 42.5 Å². The molecule has 0 unspecified atom stereocenters. The molecule has 0 bridgehead atoms. The summed E-state index contributed by atoms with van der Waals surface area (Å²) in [6.45, 7) is 1.95. The third-order valence-electron chi connectivity index (χ3n) is 5.12. The molecule has 0 fully saturated rings. The van der Waals surface area contributed by atoms with Crippen molar-refractivity contribution in [1.82, 2.24) is 15.3 Å². The summed E-state index contributed by atoms with van der Waals surface area (Å²) in [5, 5.41) is 8.33. The molecule has 0 saturated heterocycles. The van der Waals surface area contributed by atoms with Crippen LogP contribution in [0.25, 0.3) is 11.0 Å². The lowest BCUT2D eigenvalue weighted by molar-refractivity contribution is 0.641. The molecule has 0 spiro atoms. The maximum atomic E-state index is 4.52. The number of H-pyrrole nitrogens is 1. The van der Waals surface area contributed by atoms with Crippen molar-refractivity contribution in [3.8, 4) is 0 Å². The second-order valence-electron chi connectivity index (χ2n) is 6.55. The monoisotopic (exact) mass is 304 g/mol. The van der Waals surface area contributed by atoms with Crippen LogP contribution >= 0.6 is 0 Å². The predicted molar refractivity (Wildman–Crippen MR) is 93.3 cm³/mol. The molecular formula is C19H20N4. The molecule has 0 atom stereocenters.